The molecular weight excluding hydrogens is 385 g/mol. The van der Waals surface area contributed by atoms with Crippen LogP contribution in [0.25, 0.3) is 0 Å². The minimum Gasteiger partial charge on any atom is -0.468 e. The van der Waals surface area contributed by atoms with Gasteiger partial charge in [0.05, 0.1) is 17.2 Å². The van der Waals surface area contributed by atoms with E-state index in [1.807, 2.05) is 0 Å². The summed E-state index contributed by atoms with van der Waals surface area (Å²) in [6, 6.07) is 7.51. The summed E-state index contributed by atoms with van der Waals surface area (Å²) in [7, 11) is -4.02. The zero-order chi connectivity index (χ0) is 19.5. The average Bonchev–Trinajstić information content (AvgIpc) is 3.27. The van der Waals surface area contributed by atoms with Crippen LogP contribution < -0.4 is 9.46 Å². The topological polar surface area (TPSA) is 71.8 Å². The third-order valence-corrected chi connectivity index (χ3v) is 5.69. The van der Waals surface area contributed by atoms with Crippen molar-refractivity contribution in [3.05, 3.63) is 48.4 Å². The molecule has 27 heavy (non-hydrogen) atoms. The number of furan rings is 1. The van der Waals surface area contributed by atoms with Crippen molar-refractivity contribution in [1.82, 2.24) is 9.62 Å². The molecule has 0 aliphatic carbocycles. The summed E-state index contributed by atoms with van der Waals surface area (Å²) in [6.45, 7) is 1.68. The van der Waals surface area contributed by atoms with Crippen LogP contribution >= 0.6 is 0 Å². The zero-order valence-corrected chi connectivity index (χ0v) is 15.1. The highest BCUT2D eigenvalue weighted by molar-refractivity contribution is 7.89. The Hall–Kier alpha value is -2.04. The first-order valence-corrected chi connectivity index (χ1v) is 9.86. The van der Waals surface area contributed by atoms with Crippen molar-refractivity contribution in [2.45, 2.75) is 30.1 Å². The molecule has 1 N–H and O–H groups in total. The number of ether oxygens (including phenoxy) is 1. The average molecular weight is 404 g/mol. The molecule has 0 saturated carbocycles. The third kappa shape index (κ3) is 5.24. The van der Waals surface area contributed by atoms with E-state index in [1.54, 1.807) is 12.1 Å². The Balaban J connectivity index is 1.74. The van der Waals surface area contributed by atoms with Crippen molar-refractivity contribution in [2.24, 2.45) is 0 Å². The minimum atomic E-state index is -4.89. The molecule has 1 saturated heterocycles. The van der Waals surface area contributed by atoms with E-state index in [9.17, 15) is 21.6 Å². The molecule has 1 atom stereocenters. The van der Waals surface area contributed by atoms with Crippen molar-refractivity contribution < 1.29 is 30.7 Å². The van der Waals surface area contributed by atoms with Crippen molar-refractivity contribution in [2.75, 3.05) is 19.6 Å². The molecule has 1 unspecified atom stereocenters. The lowest BCUT2D eigenvalue weighted by Crippen LogP contribution is -2.36. The SMILES string of the molecule is O=S(=O)(NCC(c1ccco1)N1CCCC1)c1cccc(OC(F)(F)F)c1. The lowest BCUT2D eigenvalue weighted by molar-refractivity contribution is -0.274. The largest absolute Gasteiger partial charge is 0.573 e. The van der Waals surface area contributed by atoms with Gasteiger partial charge in [0.15, 0.2) is 0 Å². The highest BCUT2D eigenvalue weighted by Crippen LogP contribution is 2.27. The van der Waals surface area contributed by atoms with Crippen LogP contribution in [-0.4, -0.2) is 39.3 Å². The van der Waals surface area contributed by atoms with Gasteiger partial charge in [0.25, 0.3) is 0 Å². The van der Waals surface area contributed by atoms with Gasteiger partial charge >= 0.3 is 6.36 Å². The van der Waals surface area contributed by atoms with Crippen LogP contribution in [0.15, 0.2) is 52.0 Å². The van der Waals surface area contributed by atoms with E-state index in [-0.39, 0.29) is 17.5 Å². The van der Waals surface area contributed by atoms with Crippen molar-refractivity contribution in [3.63, 3.8) is 0 Å². The summed E-state index contributed by atoms with van der Waals surface area (Å²) in [5, 5.41) is 0. The summed E-state index contributed by atoms with van der Waals surface area (Å²) in [5.41, 5.74) is 0. The summed E-state index contributed by atoms with van der Waals surface area (Å²) < 4.78 is 73.8. The predicted octanol–water partition coefficient (Wildman–Crippen LogP) is 3.29. The molecule has 0 spiro atoms. The lowest BCUT2D eigenvalue weighted by Gasteiger charge is -2.26. The van der Waals surface area contributed by atoms with Crippen LogP contribution in [0.1, 0.15) is 24.6 Å². The van der Waals surface area contributed by atoms with Crippen LogP contribution in [0.2, 0.25) is 0 Å². The number of alkyl halides is 3. The molecule has 0 bridgehead atoms. The van der Waals surface area contributed by atoms with Gasteiger partial charge in [0, 0.05) is 12.6 Å². The number of nitrogens with one attached hydrogen (secondary N) is 1. The summed E-state index contributed by atoms with van der Waals surface area (Å²) in [4.78, 5) is 1.81. The Bertz CT molecular complexity index is 847. The molecule has 1 aliphatic rings. The van der Waals surface area contributed by atoms with E-state index < -0.39 is 22.1 Å². The van der Waals surface area contributed by atoms with Crippen LogP contribution in [0.4, 0.5) is 13.2 Å². The van der Waals surface area contributed by atoms with E-state index in [1.165, 1.54) is 18.4 Å². The maximum absolute atomic E-state index is 12.5. The summed E-state index contributed by atoms with van der Waals surface area (Å²) >= 11 is 0. The van der Waals surface area contributed by atoms with Gasteiger partial charge < -0.3 is 9.15 Å². The van der Waals surface area contributed by atoms with Crippen LogP contribution in [0.5, 0.6) is 5.75 Å². The molecule has 6 nitrogen and oxygen atoms in total. The summed E-state index contributed by atoms with van der Waals surface area (Å²) in [5.74, 6) is 0.0428. The van der Waals surface area contributed by atoms with Gasteiger partial charge in [-0.25, -0.2) is 13.1 Å². The van der Waals surface area contributed by atoms with Crippen molar-refractivity contribution >= 4 is 10.0 Å². The highest BCUT2D eigenvalue weighted by Gasteiger charge is 2.32. The van der Waals surface area contributed by atoms with Gasteiger partial charge in [-0.3, -0.25) is 4.90 Å². The number of benzene rings is 1. The second-order valence-corrected chi connectivity index (χ2v) is 7.92. The molecule has 2 aromatic rings. The fourth-order valence-corrected chi connectivity index (χ4v) is 4.13. The van der Waals surface area contributed by atoms with E-state index in [0.717, 1.165) is 38.1 Å². The Morgan fingerprint density at radius 2 is 1.93 bits per heavy atom. The second-order valence-electron chi connectivity index (χ2n) is 6.15. The number of hydrogen-bond donors (Lipinski definition) is 1. The maximum Gasteiger partial charge on any atom is 0.573 e. The predicted molar refractivity (Wildman–Crippen MR) is 90.6 cm³/mol. The fraction of sp³-hybridized carbons (Fsp3) is 0.412. The van der Waals surface area contributed by atoms with Crippen LogP contribution in [-0.2, 0) is 10.0 Å². The van der Waals surface area contributed by atoms with Gasteiger partial charge in [0.1, 0.15) is 11.5 Å². The molecule has 1 aromatic carbocycles. The van der Waals surface area contributed by atoms with E-state index in [0.29, 0.717) is 5.76 Å². The Kier molecular flexibility index (Phi) is 5.78. The fourth-order valence-electron chi connectivity index (χ4n) is 3.05. The van der Waals surface area contributed by atoms with Gasteiger partial charge in [-0.15, -0.1) is 13.2 Å². The number of rotatable bonds is 7. The van der Waals surface area contributed by atoms with Gasteiger partial charge in [-0.2, -0.15) is 0 Å². The van der Waals surface area contributed by atoms with Crippen molar-refractivity contribution in [1.29, 1.82) is 0 Å². The molecular formula is C17H19F3N2O4S. The molecule has 10 heteroatoms. The van der Waals surface area contributed by atoms with Crippen LogP contribution in [0, 0.1) is 0 Å². The molecule has 3 rings (SSSR count). The number of nitrogens with zero attached hydrogens (tertiary/aromatic N) is 1. The highest BCUT2D eigenvalue weighted by atomic mass is 32.2. The lowest BCUT2D eigenvalue weighted by atomic mass is 10.2. The van der Waals surface area contributed by atoms with Crippen LogP contribution in [0.3, 0.4) is 0 Å². The van der Waals surface area contributed by atoms with E-state index in [4.69, 9.17) is 4.42 Å². The standard InChI is InChI=1S/C17H19F3N2O4S/c18-17(19,20)26-13-5-3-6-14(11-13)27(23,24)21-12-15(16-7-4-10-25-16)22-8-1-2-9-22/h3-7,10-11,15,21H,1-2,8-9,12H2. The first-order chi connectivity index (χ1) is 12.7. The number of hydrogen-bond acceptors (Lipinski definition) is 5. The quantitative estimate of drug-likeness (QED) is 0.767. The normalized spacial score (nSPS) is 17.1. The Labute approximate surface area is 155 Å². The third-order valence-electron chi connectivity index (χ3n) is 4.27. The second kappa shape index (κ2) is 7.91. The van der Waals surface area contributed by atoms with Gasteiger partial charge in [0.2, 0.25) is 10.0 Å². The van der Waals surface area contributed by atoms with Gasteiger partial charge in [-0.05, 0) is 50.2 Å². The smallest absolute Gasteiger partial charge is 0.468 e. The molecule has 0 amide bonds. The van der Waals surface area contributed by atoms with Crippen molar-refractivity contribution in [3.8, 4) is 5.75 Å². The van der Waals surface area contributed by atoms with E-state index in [2.05, 4.69) is 14.4 Å². The number of sulfonamides is 1. The first-order valence-electron chi connectivity index (χ1n) is 8.37. The molecule has 148 valence electrons. The molecule has 1 fully saturated rings. The number of halogens is 3. The Morgan fingerprint density at radius 1 is 1.19 bits per heavy atom. The minimum absolute atomic E-state index is 0.0419. The molecule has 0 radical (unpaired) electrons. The van der Waals surface area contributed by atoms with Gasteiger partial charge in [-0.1, -0.05) is 6.07 Å². The van der Waals surface area contributed by atoms with E-state index >= 15 is 0 Å². The molecule has 1 aromatic heterocycles. The first kappa shape index (κ1) is 19.7. The Morgan fingerprint density at radius 3 is 2.56 bits per heavy atom. The molecule has 2 heterocycles. The monoisotopic (exact) mass is 404 g/mol. The molecule has 1 aliphatic heterocycles. The zero-order valence-electron chi connectivity index (χ0n) is 14.3. The summed E-state index contributed by atoms with van der Waals surface area (Å²) in [6.07, 6.45) is -1.34. The number of likely N-dealkylation sites (tertiary alicyclic amines) is 1. The maximum atomic E-state index is 12.5.